The highest BCUT2D eigenvalue weighted by Gasteiger charge is 2.31. The molecule has 0 N–H and O–H groups in total. The summed E-state index contributed by atoms with van der Waals surface area (Å²) >= 11 is 0. The van der Waals surface area contributed by atoms with E-state index in [2.05, 4.69) is 261 Å². The van der Waals surface area contributed by atoms with Gasteiger partial charge in [0.25, 0.3) is 0 Å². The minimum absolute atomic E-state index is 0.196. The fourth-order valence-corrected chi connectivity index (χ4v) is 12.9. The van der Waals surface area contributed by atoms with Gasteiger partial charge in [-0.1, -0.05) is 166 Å². The van der Waals surface area contributed by atoms with Crippen LogP contribution in [0.4, 0.5) is 34.1 Å². The summed E-state index contributed by atoms with van der Waals surface area (Å²) < 4.78 is 27.5. The van der Waals surface area contributed by atoms with Gasteiger partial charge in [-0.05, 0) is 164 Å². The molecular weight excluding hydrogens is 1000 g/mol. The molecule has 0 amide bonds. The van der Waals surface area contributed by atoms with Crippen molar-refractivity contribution >= 4 is 143 Å². The van der Waals surface area contributed by atoms with E-state index in [9.17, 15) is 0 Å². The number of para-hydroxylation sites is 2. The number of furan rings is 4. The number of anilines is 6. The molecule has 0 unspecified atom stereocenters. The van der Waals surface area contributed by atoms with Crippen LogP contribution in [0.1, 0.15) is 103 Å². The molecule has 402 valence electrons. The van der Waals surface area contributed by atoms with E-state index < -0.39 is 0 Å². The quantitative estimate of drug-likeness (QED) is 0.151. The van der Waals surface area contributed by atoms with Gasteiger partial charge in [-0.25, -0.2) is 0 Å². The van der Waals surface area contributed by atoms with Crippen molar-refractivity contribution in [3.63, 3.8) is 0 Å². The largest absolute Gasteiger partial charge is 0.456 e. The molecule has 0 saturated carbocycles. The van der Waals surface area contributed by atoms with Crippen LogP contribution < -0.4 is 9.80 Å². The summed E-state index contributed by atoms with van der Waals surface area (Å²) in [6.07, 6.45) is 0. The molecule has 0 aliphatic carbocycles. The predicted octanol–water partition coefficient (Wildman–Crippen LogP) is 23.4. The Balaban J connectivity index is 0.885. The second-order valence-electron chi connectivity index (χ2n) is 25.3. The molecule has 11 aromatic carbocycles. The average molecular weight is 1070 g/mol. The smallest absolute Gasteiger partial charge is 0.159 e. The van der Waals surface area contributed by atoms with Crippen molar-refractivity contribution in [3.8, 4) is 0 Å². The Kier molecular flexibility index (Phi) is 11.0. The number of benzene rings is 11. The van der Waals surface area contributed by atoms with E-state index in [0.717, 1.165) is 143 Å². The third-order valence-corrected chi connectivity index (χ3v) is 17.2. The van der Waals surface area contributed by atoms with Crippen LogP contribution in [-0.2, 0) is 10.8 Å². The summed E-state index contributed by atoms with van der Waals surface area (Å²) in [5.41, 5.74) is 17.7. The molecule has 0 aliphatic rings. The van der Waals surface area contributed by atoms with Gasteiger partial charge in [-0.2, -0.15) is 0 Å². The molecule has 6 heteroatoms. The fourth-order valence-electron chi connectivity index (χ4n) is 12.9. The highest BCUT2D eigenvalue weighted by atomic mass is 16.3. The van der Waals surface area contributed by atoms with E-state index in [0.29, 0.717) is 11.8 Å². The number of nitrogens with zero attached hydrogens (tertiary/aromatic N) is 2. The van der Waals surface area contributed by atoms with E-state index in [1.165, 1.54) is 22.3 Å². The predicted molar refractivity (Wildman–Crippen MR) is 346 cm³/mol. The molecule has 82 heavy (non-hydrogen) atoms. The molecule has 15 aromatic rings. The molecule has 0 radical (unpaired) electrons. The molecule has 0 bridgehead atoms. The van der Waals surface area contributed by atoms with Gasteiger partial charge in [0, 0.05) is 65.8 Å². The van der Waals surface area contributed by atoms with Gasteiger partial charge in [-0.15, -0.1) is 0 Å². The maximum atomic E-state index is 6.89. The zero-order valence-electron chi connectivity index (χ0n) is 48.2. The number of fused-ring (bicyclic) bond motifs is 15. The standard InChI is InChI=1S/C76H64N2O4/c1-43(2)45-19-25-51(26-20-45)77(71-61(75(5,6)7)33-31-57-55-15-11-13-17-63(55)81-73(57)71)53-29-23-47-39-59-67(41-49(47)37-53)79-65-35-36-66-70(69(59)65)60-40-48-24-30-54(38-50(48)42-68(60)80-66)78(52-27-21-46(22-28-52)44(3)4)72-62(76(8,9)10)34-32-58-56-16-12-14-18-64(56)82-74(58)72/h11-44H,1-10H3. The molecule has 0 saturated heterocycles. The Bertz CT molecular complexity index is 4750. The first-order valence-electron chi connectivity index (χ1n) is 28.9. The third kappa shape index (κ3) is 7.82. The molecule has 0 atom stereocenters. The molecule has 15 rings (SSSR count). The van der Waals surface area contributed by atoms with Crippen LogP contribution in [0.3, 0.4) is 0 Å². The molecular formula is C76H64N2O4. The van der Waals surface area contributed by atoms with Crippen LogP contribution in [0, 0.1) is 0 Å². The SMILES string of the molecule is CC(C)c1ccc(N(c2ccc3cc4c(cc3c2)oc2ccc3oc5cc6cc(N(c7ccc(C(C)C)cc7)c7c(C(C)(C)C)ccc8c7oc7ccccc78)ccc6cc5c3c24)c2c(C(C)(C)C)ccc3c2oc2ccccc23)cc1. The van der Waals surface area contributed by atoms with Crippen LogP contribution in [0.25, 0.3) is 109 Å². The van der Waals surface area contributed by atoms with Crippen molar-refractivity contribution in [1.29, 1.82) is 0 Å². The minimum Gasteiger partial charge on any atom is -0.456 e. The van der Waals surface area contributed by atoms with Crippen LogP contribution in [-0.4, -0.2) is 0 Å². The van der Waals surface area contributed by atoms with Crippen LogP contribution in [0.5, 0.6) is 0 Å². The van der Waals surface area contributed by atoms with Gasteiger partial charge >= 0.3 is 0 Å². The number of hydrogen-bond acceptors (Lipinski definition) is 6. The topological polar surface area (TPSA) is 59.0 Å². The first-order valence-corrected chi connectivity index (χ1v) is 28.9. The zero-order valence-corrected chi connectivity index (χ0v) is 48.2. The lowest BCUT2D eigenvalue weighted by Crippen LogP contribution is -2.19. The van der Waals surface area contributed by atoms with Crippen molar-refractivity contribution in [3.05, 3.63) is 216 Å². The second-order valence-corrected chi connectivity index (χ2v) is 25.3. The Morgan fingerprint density at radius 1 is 0.305 bits per heavy atom. The summed E-state index contributed by atoms with van der Waals surface area (Å²) in [6.45, 7) is 22.7. The molecule has 4 heterocycles. The van der Waals surface area contributed by atoms with E-state index in [1.807, 2.05) is 12.1 Å². The van der Waals surface area contributed by atoms with Gasteiger partial charge in [-0.3, -0.25) is 0 Å². The normalized spacial score (nSPS) is 12.7. The van der Waals surface area contributed by atoms with Gasteiger partial charge in [0.2, 0.25) is 0 Å². The van der Waals surface area contributed by atoms with E-state index >= 15 is 0 Å². The zero-order chi connectivity index (χ0) is 56.1. The monoisotopic (exact) mass is 1070 g/mol. The summed E-state index contributed by atoms with van der Waals surface area (Å²) in [6, 6.07) is 70.6. The van der Waals surface area contributed by atoms with Crippen molar-refractivity contribution in [2.45, 2.75) is 91.9 Å². The van der Waals surface area contributed by atoms with E-state index in [1.54, 1.807) is 0 Å². The van der Waals surface area contributed by atoms with Crippen LogP contribution in [0.15, 0.2) is 212 Å². The van der Waals surface area contributed by atoms with Crippen LogP contribution >= 0.6 is 0 Å². The van der Waals surface area contributed by atoms with E-state index in [4.69, 9.17) is 17.7 Å². The van der Waals surface area contributed by atoms with Crippen molar-refractivity contribution in [2.24, 2.45) is 0 Å². The summed E-state index contributed by atoms with van der Waals surface area (Å²) in [4.78, 5) is 4.80. The Morgan fingerprint density at radius 2 is 0.695 bits per heavy atom. The summed E-state index contributed by atoms with van der Waals surface area (Å²) in [5.74, 6) is 0.809. The lowest BCUT2D eigenvalue weighted by Gasteiger charge is -2.32. The van der Waals surface area contributed by atoms with Crippen molar-refractivity contribution < 1.29 is 17.7 Å². The Hall–Kier alpha value is -9.26. The first kappa shape index (κ1) is 49.8. The van der Waals surface area contributed by atoms with E-state index in [-0.39, 0.29) is 10.8 Å². The Morgan fingerprint density at radius 3 is 1.09 bits per heavy atom. The number of hydrogen-bond donors (Lipinski definition) is 0. The third-order valence-electron chi connectivity index (χ3n) is 17.2. The van der Waals surface area contributed by atoms with Crippen LogP contribution in [0.2, 0.25) is 0 Å². The lowest BCUT2D eigenvalue weighted by atomic mass is 9.84. The maximum absolute atomic E-state index is 6.89. The average Bonchev–Trinajstić information content (AvgIpc) is 2.20. The first-order chi connectivity index (χ1) is 39.5. The van der Waals surface area contributed by atoms with Gasteiger partial charge < -0.3 is 27.5 Å². The Labute approximate surface area is 476 Å². The highest BCUT2D eigenvalue weighted by Crippen LogP contribution is 2.51. The molecule has 0 spiro atoms. The molecule has 0 fully saturated rings. The lowest BCUT2D eigenvalue weighted by molar-refractivity contribution is 0.588. The van der Waals surface area contributed by atoms with Gasteiger partial charge in [0.1, 0.15) is 33.5 Å². The van der Waals surface area contributed by atoms with Crippen molar-refractivity contribution in [2.75, 3.05) is 9.80 Å². The molecule has 0 aliphatic heterocycles. The molecule has 6 nitrogen and oxygen atoms in total. The van der Waals surface area contributed by atoms with Gasteiger partial charge in [0.05, 0.1) is 11.4 Å². The highest BCUT2D eigenvalue weighted by molar-refractivity contribution is 6.28. The second kappa shape index (κ2) is 18.1. The fraction of sp³-hybridized carbons (Fsp3) is 0.184. The summed E-state index contributed by atoms with van der Waals surface area (Å²) in [5, 5.41) is 13.0. The number of rotatable bonds is 8. The maximum Gasteiger partial charge on any atom is 0.159 e. The van der Waals surface area contributed by atoms with Crippen molar-refractivity contribution in [1.82, 2.24) is 0 Å². The summed E-state index contributed by atoms with van der Waals surface area (Å²) in [7, 11) is 0. The van der Waals surface area contributed by atoms with Gasteiger partial charge in [0.15, 0.2) is 11.2 Å². The minimum atomic E-state index is -0.196. The molecule has 4 aromatic heterocycles.